The molecule has 1 fully saturated rings. The molecule has 3 aromatic rings. The summed E-state index contributed by atoms with van der Waals surface area (Å²) in [5, 5.41) is 0. The first kappa shape index (κ1) is 15.5. The minimum absolute atomic E-state index is 0.0786. The summed E-state index contributed by atoms with van der Waals surface area (Å²) < 4.78 is 40.8. The zero-order valence-electron chi connectivity index (χ0n) is 13.4. The second-order valence-corrected chi connectivity index (χ2v) is 6.60. The van der Waals surface area contributed by atoms with Gasteiger partial charge >= 0.3 is 6.18 Å². The number of alkyl halides is 3. The highest BCUT2D eigenvalue weighted by Crippen LogP contribution is 2.42. The molecule has 4 rings (SSSR count). The smallest absolute Gasteiger partial charge is 0.345 e. The van der Waals surface area contributed by atoms with Crippen LogP contribution in [0.4, 0.5) is 13.2 Å². The average Bonchev–Trinajstić information content (AvgIpc) is 3.22. The normalized spacial score (nSPS) is 22.0. The van der Waals surface area contributed by atoms with Gasteiger partial charge in [-0.3, -0.25) is 4.40 Å². The van der Waals surface area contributed by atoms with Crippen LogP contribution >= 0.6 is 0 Å². The van der Waals surface area contributed by atoms with E-state index in [0.717, 1.165) is 37.0 Å². The number of aromatic amines is 1. The largest absolute Gasteiger partial charge is 0.394 e. The molecule has 0 aromatic carbocycles. The van der Waals surface area contributed by atoms with Crippen molar-refractivity contribution in [2.24, 2.45) is 5.92 Å². The van der Waals surface area contributed by atoms with Gasteiger partial charge in [0.15, 0.2) is 5.65 Å². The van der Waals surface area contributed by atoms with Crippen LogP contribution in [0.5, 0.6) is 0 Å². The molecule has 0 amide bonds. The number of aromatic nitrogens is 4. The number of halogens is 3. The Kier molecular flexibility index (Phi) is 3.54. The Bertz CT molecular complexity index is 877. The molecule has 1 saturated carbocycles. The van der Waals surface area contributed by atoms with E-state index in [9.17, 15) is 13.2 Å². The van der Waals surface area contributed by atoms with Gasteiger partial charge < -0.3 is 4.98 Å². The summed E-state index contributed by atoms with van der Waals surface area (Å²) in [6.07, 6.45) is 2.20. The van der Waals surface area contributed by atoms with Crippen molar-refractivity contribution in [3.8, 4) is 0 Å². The molecule has 3 heterocycles. The second-order valence-electron chi connectivity index (χ2n) is 6.60. The first-order chi connectivity index (χ1) is 11.5. The van der Waals surface area contributed by atoms with Crippen molar-refractivity contribution in [2.75, 3.05) is 0 Å². The van der Waals surface area contributed by atoms with E-state index in [1.807, 2.05) is 10.5 Å². The summed E-state index contributed by atoms with van der Waals surface area (Å²) in [4.78, 5) is 11.8. The first-order valence-corrected chi connectivity index (χ1v) is 8.38. The SMILES string of the molecule is CCC1CCCC1c1nc(CC(F)(F)F)c2cnc3[nH]ccc3n12. The van der Waals surface area contributed by atoms with Gasteiger partial charge in [-0.15, -0.1) is 0 Å². The zero-order valence-corrected chi connectivity index (χ0v) is 13.4. The molecule has 3 aromatic heterocycles. The standard InChI is InChI=1S/C17H19F3N4/c1-2-10-4-3-5-11(10)16-23-12(8-17(18,19)20)14-9-22-15-13(24(14)16)6-7-21-15/h6-7,9-11,21H,2-5,8H2,1H3. The summed E-state index contributed by atoms with van der Waals surface area (Å²) in [7, 11) is 0. The van der Waals surface area contributed by atoms with Crippen molar-refractivity contribution < 1.29 is 13.2 Å². The topological polar surface area (TPSA) is 46.0 Å². The van der Waals surface area contributed by atoms with Gasteiger partial charge in [0, 0.05) is 12.1 Å². The van der Waals surface area contributed by atoms with E-state index >= 15 is 0 Å². The van der Waals surface area contributed by atoms with E-state index < -0.39 is 12.6 Å². The summed E-state index contributed by atoms with van der Waals surface area (Å²) in [6, 6.07) is 1.85. The lowest BCUT2D eigenvalue weighted by molar-refractivity contribution is -0.127. The summed E-state index contributed by atoms with van der Waals surface area (Å²) >= 11 is 0. The van der Waals surface area contributed by atoms with Crippen molar-refractivity contribution in [1.29, 1.82) is 0 Å². The lowest BCUT2D eigenvalue weighted by Gasteiger charge is -2.17. The highest BCUT2D eigenvalue weighted by atomic mass is 19.4. The van der Waals surface area contributed by atoms with Crippen molar-refractivity contribution >= 4 is 16.7 Å². The van der Waals surface area contributed by atoms with Gasteiger partial charge in [-0.1, -0.05) is 19.8 Å². The van der Waals surface area contributed by atoms with Gasteiger partial charge in [0.05, 0.1) is 29.3 Å². The maximum atomic E-state index is 13.0. The summed E-state index contributed by atoms with van der Waals surface area (Å²) in [5.74, 6) is 1.46. The Morgan fingerprint density at radius 3 is 2.88 bits per heavy atom. The van der Waals surface area contributed by atoms with Crippen molar-refractivity contribution in [2.45, 2.75) is 51.1 Å². The van der Waals surface area contributed by atoms with E-state index in [1.54, 1.807) is 6.20 Å². The maximum absolute atomic E-state index is 13.0. The molecule has 0 bridgehead atoms. The number of nitrogens with zero attached hydrogens (tertiary/aromatic N) is 3. The third kappa shape index (κ3) is 2.46. The van der Waals surface area contributed by atoms with Crippen LogP contribution in [0.2, 0.25) is 0 Å². The molecule has 1 aliphatic carbocycles. The van der Waals surface area contributed by atoms with Gasteiger partial charge in [0.2, 0.25) is 0 Å². The van der Waals surface area contributed by atoms with Gasteiger partial charge in [-0.25, -0.2) is 9.97 Å². The number of rotatable bonds is 3. The lowest BCUT2D eigenvalue weighted by Crippen LogP contribution is -2.12. The number of fused-ring (bicyclic) bond motifs is 3. The molecule has 0 saturated heterocycles. The molecule has 7 heteroatoms. The molecule has 1 N–H and O–H groups in total. The van der Waals surface area contributed by atoms with Crippen LogP contribution in [-0.4, -0.2) is 25.5 Å². The third-order valence-electron chi connectivity index (χ3n) is 5.16. The van der Waals surface area contributed by atoms with Crippen molar-refractivity contribution in [3.05, 3.63) is 30.0 Å². The fraction of sp³-hybridized carbons (Fsp3) is 0.529. The minimum atomic E-state index is -4.28. The van der Waals surface area contributed by atoms with Gasteiger partial charge in [-0.2, -0.15) is 13.2 Å². The molecule has 2 unspecified atom stereocenters. The van der Waals surface area contributed by atoms with Crippen LogP contribution < -0.4 is 0 Å². The third-order valence-corrected chi connectivity index (χ3v) is 5.16. The van der Waals surface area contributed by atoms with Crippen molar-refractivity contribution in [1.82, 2.24) is 19.4 Å². The monoisotopic (exact) mass is 336 g/mol. The van der Waals surface area contributed by atoms with E-state index in [2.05, 4.69) is 21.9 Å². The van der Waals surface area contributed by atoms with Crippen LogP contribution in [0.25, 0.3) is 16.7 Å². The molecular formula is C17H19F3N4. The minimum Gasteiger partial charge on any atom is -0.345 e. The predicted molar refractivity (Wildman–Crippen MR) is 85.0 cm³/mol. The Morgan fingerprint density at radius 1 is 1.29 bits per heavy atom. The quantitative estimate of drug-likeness (QED) is 0.759. The molecule has 0 spiro atoms. The predicted octanol–water partition coefficient (Wildman–Crippen LogP) is 4.61. The van der Waals surface area contributed by atoms with Gasteiger partial charge in [0.1, 0.15) is 5.82 Å². The molecule has 1 aliphatic rings. The molecule has 24 heavy (non-hydrogen) atoms. The lowest BCUT2D eigenvalue weighted by atomic mass is 9.93. The maximum Gasteiger partial charge on any atom is 0.394 e. The number of H-pyrrole nitrogens is 1. The summed E-state index contributed by atoms with van der Waals surface area (Å²) in [5.41, 5.74) is 2.02. The average molecular weight is 336 g/mol. The number of nitrogens with one attached hydrogen (secondary N) is 1. The molecule has 128 valence electrons. The van der Waals surface area contributed by atoms with Crippen LogP contribution in [0.1, 0.15) is 50.0 Å². The molecule has 4 nitrogen and oxygen atoms in total. The fourth-order valence-electron chi connectivity index (χ4n) is 4.08. The summed E-state index contributed by atoms with van der Waals surface area (Å²) in [6.45, 7) is 2.14. The van der Waals surface area contributed by atoms with E-state index in [4.69, 9.17) is 0 Å². The Balaban J connectivity index is 1.95. The van der Waals surface area contributed by atoms with Gasteiger partial charge in [0.25, 0.3) is 0 Å². The van der Waals surface area contributed by atoms with Crippen LogP contribution in [0.3, 0.4) is 0 Å². The highest BCUT2D eigenvalue weighted by molar-refractivity contribution is 5.76. The van der Waals surface area contributed by atoms with E-state index in [0.29, 0.717) is 17.1 Å². The van der Waals surface area contributed by atoms with E-state index in [1.165, 1.54) is 6.20 Å². The van der Waals surface area contributed by atoms with Crippen LogP contribution in [0.15, 0.2) is 18.5 Å². The fourth-order valence-corrected chi connectivity index (χ4v) is 4.08. The van der Waals surface area contributed by atoms with E-state index in [-0.39, 0.29) is 11.6 Å². The first-order valence-electron chi connectivity index (χ1n) is 8.38. The Morgan fingerprint density at radius 2 is 2.12 bits per heavy atom. The van der Waals surface area contributed by atoms with Crippen LogP contribution in [0, 0.1) is 5.92 Å². The number of hydrogen-bond acceptors (Lipinski definition) is 2. The zero-order chi connectivity index (χ0) is 16.9. The molecule has 0 aliphatic heterocycles. The number of imidazole rings is 1. The van der Waals surface area contributed by atoms with Gasteiger partial charge in [-0.05, 0) is 24.8 Å². The van der Waals surface area contributed by atoms with Crippen molar-refractivity contribution in [3.63, 3.8) is 0 Å². The molecule has 0 radical (unpaired) electrons. The van der Waals surface area contributed by atoms with Crippen LogP contribution in [-0.2, 0) is 6.42 Å². The Labute approximate surface area is 137 Å². The number of hydrogen-bond donors (Lipinski definition) is 1. The molecule has 2 atom stereocenters. The second kappa shape index (κ2) is 5.50. The Hall–Kier alpha value is -2.05. The molecular weight excluding hydrogens is 317 g/mol. The highest BCUT2D eigenvalue weighted by Gasteiger charge is 2.35.